The molecular weight excluding hydrogens is 224 g/mol. The van der Waals surface area contributed by atoms with E-state index in [9.17, 15) is 0 Å². The Labute approximate surface area is 110 Å². The second-order valence-electron chi connectivity index (χ2n) is 5.42. The molecule has 0 amide bonds. The molecule has 1 aliphatic heterocycles. The van der Waals surface area contributed by atoms with Crippen LogP contribution in [0.3, 0.4) is 0 Å². The number of benzene rings is 1. The number of hydrogen-bond acceptors (Lipinski definition) is 3. The molecular formula is C15H24N2O. The molecule has 2 rings (SSSR count). The Kier molecular flexibility index (Phi) is 3.81. The summed E-state index contributed by atoms with van der Waals surface area (Å²) in [5.74, 6) is 0.965. The Balaban J connectivity index is 2.18. The van der Waals surface area contributed by atoms with Crippen LogP contribution in [-0.4, -0.2) is 32.3 Å². The van der Waals surface area contributed by atoms with Crippen molar-refractivity contribution >= 4 is 5.69 Å². The molecule has 0 radical (unpaired) electrons. The van der Waals surface area contributed by atoms with Crippen LogP contribution in [0.1, 0.15) is 25.8 Å². The zero-order chi connectivity index (χ0) is 13.2. The van der Waals surface area contributed by atoms with Gasteiger partial charge in [-0.3, -0.25) is 0 Å². The van der Waals surface area contributed by atoms with Gasteiger partial charge in [0.25, 0.3) is 0 Å². The quantitative estimate of drug-likeness (QED) is 0.890. The van der Waals surface area contributed by atoms with E-state index in [0.29, 0.717) is 0 Å². The molecule has 0 spiro atoms. The van der Waals surface area contributed by atoms with E-state index in [1.54, 1.807) is 7.11 Å². The lowest BCUT2D eigenvalue weighted by molar-refractivity contribution is 0.314. The highest BCUT2D eigenvalue weighted by Crippen LogP contribution is 2.27. The van der Waals surface area contributed by atoms with Crippen LogP contribution in [-0.2, 0) is 0 Å². The van der Waals surface area contributed by atoms with Gasteiger partial charge in [0.2, 0.25) is 0 Å². The highest BCUT2D eigenvalue weighted by molar-refractivity contribution is 5.53. The van der Waals surface area contributed by atoms with Crippen molar-refractivity contribution in [3.8, 4) is 5.75 Å². The van der Waals surface area contributed by atoms with Crippen molar-refractivity contribution < 1.29 is 4.74 Å². The Morgan fingerprint density at radius 3 is 2.83 bits per heavy atom. The van der Waals surface area contributed by atoms with Gasteiger partial charge >= 0.3 is 0 Å². The van der Waals surface area contributed by atoms with E-state index in [4.69, 9.17) is 4.74 Å². The minimum Gasteiger partial charge on any atom is -0.496 e. The number of nitrogens with zero attached hydrogens (tertiary/aromatic N) is 1. The molecule has 0 saturated carbocycles. The molecule has 1 atom stereocenters. The highest BCUT2D eigenvalue weighted by Gasteiger charge is 2.28. The molecule has 100 valence electrons. The number of piperazine rings is 1. The van der Waals surface area contributed by atoms with Gasteiger partial charge in [0.15, 0.2) is 0 Å². The van der Waals surface area contributed by atoms with Crippen LogP contribution in [0.2, 0.25) is 0 Å². The Morgan fingerprint density at radius 1 is 1.44 bits per heavy atom. The standard InChI is InChI=1S/C15H24N2O/c1-5-15(3)11-17(9-8-16-15)13-6-7-14(18-4)12(2)10-13/h6-7,10,16H,5,8-9,11H2,1-4H3. The maximum absolute atomic E-state index is 5.32. The summed E-state index contributed by atoms with van der Waals surface area (Å²) in [4.78, 5) is 2.46. The van der Waals surface area contributed by atoms with Crippen molar-refractivity contribution in [2.75, 3.05) is 31.6 Å². The van der Waals surface area contributed by atoms with Crippen molar-refractivity contribution in [1.82, 2.24) is 5.32 Å². The second kappa shape index (κ2) is 5.19. The van der Waals surface area contributed by atoms with Crippen LogP contribution < -0.4 is 15.0 Å². The van der Waals surface area contributed by atoms with E-state index in [2.05, 4.69) is 49.2 Å². The van der Waals surface area contributed by atoms with Crippen molar-refractivity contribution in [3.05, 3.63) is 23.8 Å². The summed E-state index contributed by atoms with van der Waals surface area (Å²) in [7, 11) is 1.72. The molecule has 1 N–H and O–H groups in total. The highest BCUT2D eigenvalue weighted by atomic mass is 16.5. The molecule has 1 aromatic rings. The third-order valence-electron chi connectivity index (χ3n) is 4.00. The molecule has 0 aliphatic carbocycles. The van der Waals surface area contributed by atoms with E-state index in [0.717, 1.165) is 31.8 Å². The first kappa shape index (κ1) is 13.2. The van der Waals surface area contributed by atoms with Crippen molar-refractivity contribution in [1.29, 1.82) is 0 Å². The van der Waals surface area contributed by atoms with Gasteiger partial charge in [-0.15, -0.1) is 0 Å². The summed E-state index contributed by atoms with van der Waals surface area (Å²) < 4.78 is 5.32. The van der Waals surface area contributed by atoms with Gasteiger partial charge in [-0.25, -0.2) is 0 Å². The predicted octanol–water partition coefficient (Wildman–Crippen LogP) is 2.58. The Bertz CT molecular complexity index is 419. The normalized spacial score (nSPS) is 24.1. The minimum absolute atomic E-state index is 0.228. The molecule has 0 aromatic heterocycles. The van der Waals surface area contributed by atoms with Crippen LogP contribution in [0.15, 0.2) is 18.2 Å². The van der Waals surface area contributed by atoms with Gasteiger partial charge in [0.1, 0.15) is 5.75 Å². The molecule has 3 heteroatoms. The van der Waals surface area contributed by atoms with E-state index < -0.39 is 0 Å². The Morgan fingerprint density at radius 2 is 2.22 bits per heavy atom. The lowest BCUT2D eigenvalue weighted by Crippen LogP contribution is -2.58. The topological polar surface area (TPSA) is 24.5 Å². The first-order valence-corrected chi connectivity index (χ1v) is 6.72. The van der Waals surface area contributed by atoms with E-state index in [-0.39, 0.29) is 5.54 Å². The fourth-order valence-corrected chi connectivity index (χ4v) is 2.57. The van der Waals surface area contributed by atoms with Crippen molar-refractivity contribution in [2.45, 2.75) is 32.7 Å². The number of rotatable bonds is 3. The second-order valence-corrected chi connectivity index (χ2v) is 5.42. The van der Waals surface area contributed by atoms with E-state index >= 15 is 0 Å². The summed E-state index contributed by atoms with van der Waals surface area (Å²) in [6.07, 6.45) is 1.15. The molecule has 1 fully saturated rings. The number of hydrogen-bond donors (Lipinski definition) is 1. The predicted molar refractivity (Wildman–Crippen MR) is 76.6 cm³/mol. The minimum atomic E-state index is 0.228. The lowest BCUT2D eigenvalue weighted by Gasteiger charge is -2.42. The molecule has 1 aromatic carbocycles. The van der Waals surface area contributed by atoms with Crippen molar-refractivity contribution in [2.24, 2.45) is 0 Å². The summed E-state index contributed by atoms with van der Waals surface area (Å²) in [6, 6.07) is 6.45. The van der Waals surface area contributed by atoms with Crippen molar-refractivity contribution in [3.63, 3.8) is 0 Å². The van der Waals surface area contributed by atoms with Crippen LogP contribution in [0.5, 0.6) is 5.75 Å². The van der Waals surface area contributed by atoms with Gasteiger partial charge in [-0.2, -0.15) is 0 Å². The number of anilines is 1. The van der Waals surface area contributed by atoms with Gasteiger partial charge in [0.05, 0.1) is 7.11 Å². The average Bonchev–Trinajstić information content (AvgIpc) is 2.39. The molecule has 3 nitrogen and oxygen atoms in total. The first-order chi connectivity index (χ1) is 8.58. The molecule has 1 aliphatic rings. The number of nitrogens with one attached hydrogen (secondary N) is 1. The van der Waals surface area contributed by atoms with Gasteiger partial charge in [-0.1, -0.05) is 6.92 Å². The fraction of sp³-hybridized carbons (Fsp3) is 0.600. The van der Waals surface area contributed by atoms with Gasteiger partial charge in [0, 0.05) is 30.9 Å². The lowest BCUT2D eigenvalue weighted by atomic mass is 9.95. The fourth-order valence-electron chi connectivity index (χ4n) is 2.57. The zero-order valence-corrected chi connectivity index (χ0v) is 11.9. The molecule has 1 unspecified atom stereocenters. The monoisotopic (exact) mass is 248 g/mol. The first-order valence-electron chi connectivity index (χ1n) is 6.72. The maximum atomic E-state index is 5.32. The Hall–Kier alpha value is -1.22. The average molecular weight is 248 g/mol. The zero-order valence-electron chi connectivity index (χ0n) is 11.9. The van der Waals surface area contributed by atoms with E-state index in [1.165, 1.54) is 11.3 Å². The smallest absolute Gasteiger partial charge is 0.121 e. The molecule has 1 heterocycles. The SMILES string of the molecule is CCC1(C)CN(c2ccc(OC)c(C)c2)CCN1. The van der Waals surface area contributed by atoms with E-state index in [1.807, 2.05) is 0 Å². The summed E-state index contributed by atoms with van der Waals surface area (Å²) in [5, 5.41) is 3.62. The number of methoxy groups -OCH3 is 1. The number of aryl methyl sites for hydroxylation is 1. The largest absolute Gasteiger partial charge is 0.496 e. The molecule has 18 heavy (non-hydrogen) atoms. The third-order valence-corrected chi connectivity index (χ3v) is 4.00. The van der Waals surface area contributed by atoms with Crippen LogP contribution in [0.4, 0.5) is 5.69 Å². The molecule has 1 saturated heterocycles. The third kappa shape index (κ3) is 2.61. The van der Waals surface area contributed by atoms with Gasteiger partial charge < -0.3 is 15.0 Å². The van der Waals surface area contributed by atoms with Crippen LogP contribution in [0, 0.1) is 6.92 Å². The summed E-state index contributed by atoms with van der Waals surface area (Å²) in [6.45, 7) is 9.83. The molecule has 0 bridgehead atoms. The number of ether oxygens (including phenoxy) is 1. The van der Waals surface area contributed by atoms with Crippen LogP contribution >= 0.6 is 0 Å². The summed E-state index contributed by atoms with van der Waals surface area (Å²) >= 11 is 0. The van der Waals surface area contributed by atoms with Gasteiger partial charge in [-0.05, 0) is 44.0 Å². The maximum Gasteiger partial charge on any atom is 0.121 e. The van der Waals surface area contributed by atoms with Crippen LogP contribution in [0.25, 0.3) is 0 Å². The summed E-state index contributed by atoms with van der Waals surface area (Å²) in [5.41, 5.74) is 2.73.